The number of halogens is 5. The quantitative estimate of drug-likeness (QED) is 0.430. The molecule has 5 N–H and O–H groups in total. The third-order valence-corrected chi connectivity index (χ3v) is 2.76. The van der Waals surface area contributed by atoms with Crippen molar-refractivity contribution in [1.82, 2.24) is 5.32 Å². The average Bonchev–Trinajstić information content (AvgIpc) is 2.75. The molecule has 0 fully saturated rings. The molecule has 1 aliphatic rings. The number of hydrogen-bond donors (Lipinski definition) is 4. The summed E-state index contributed by atoms with van der Waals surface area (Å²) in [5.41, 5.74) is 4.99. The first-order chi connectivity index (χ1) is 8.38. The van der Waals surface area contributed by atoms with Crippen molar-refractivity contribution in [2.45, 2.75) is 6.18 Å². The Balaban J connectivity index is 0.00000180. The number of hydrogen-bond acceptors (Lipinski definition) is 3. The van der Waals surface area contributed by atoms with E-state index in [4.69, 9.17) is 17.3 Å². The number of nitrogens with two attached hydrogens (primary N) is 1. The molecule has 4 nitrogen and oxygen atoms in total. The molecule has 1 aromatic rings. The van der Waals surface area contributed by atoms with E-state index in [0.29, 0.717) is 19.0 Å². The molecule has 0 saturated carbocycles. The minimum Gasteiger partial charge on any atom is -1.00 e. The summed E-state index contributed by atoms with van der Waals surface area (Å²) >= 11 is 5.70. The molecule has 0 aliphatic carbocycles. The fourth-order valence-electron chi connectivity index (χ4n) is 1.55. The van der Waals surface area contributed by atoms with Crippen molar-refractivity contribution < 1.29 is 30.6 Å². The minimum absolute atomic E-state index is 0. The van der Waals surface area contributed by atoms with Gasteiger partial charge in [0.15, 0.2) is 0 Å². The summed E-state index contributed by atoms with van der Waals surface area (Å²) in [6.45, 7) is 1.38. The Labute approximate surface area is 118 Å². The van der Waals surface area contributed by atoms with E-state index in [1.165, 1.54) is 0 Å². The van der Waals surface area contributed by atoms with Crippen LogP contribution in [-0.2, 0) is 6.18 Å². The summed E-state index contributed by atoms with van der Waals surface area (Å²) in [7, 11) is 0. The summed E-state index contributed by atoms with van der Waals surface area (Å²) in [5.74, 6) is 0.511. The molecule has 0 amide bonds. The standard InChI is InChI=1S/C10H10ClF3N4.ClH/c11-6-3-5(10(12,13)14)4-7(8(6)15)18-9-16-1-2-17-9;/h3-4H,1-2,15H2,(H2,16,17,18);1H. The maximum Gasteiger partial charge on any atom is 0.416 e. The van der Waals surface area contributed by atoms with E-state index in [2.05, 4.69) is 15.6 Å². The van der Waals surface area contributed by atoms with E-state index in [0.717, 1.165) is 12.1 Å². The Morgan fingerprint density at radius 1 is 1.37 bits per heavy atom. The van der Waals surface area contributed by atoms with Crippen LogP contribution in [0, 0.1) is 0 Å². The lowest BCUT2D eigenvalue weighted by atomic mass is 10.1. The van der Waals surface area contributed by atoms with E-state index in [1.807, 2.05) is 0 Å². The Kier molecular flexibility index (Phi) is 4.75. The van der Waals surface area contributed by atoms with Gasteiger partial charge in [-0.05, 0) is 12.1 Å². The first-order valence-electron chi connectivity index (χ1n) is 5.16. The summed E-state index contributed by atoms with van der Waals surface area (Å²) in [5, 5.41) is 5.54. The largest absolute Gasteiger partial charge is 1.00 e. The molecule has 1 aliphatic heterocycles. The number of nitrogens with one attached hydrogen (secondary N) is 3. The Morgan fingerprint density at radius 3 is 2.58 bits per heavy atom. The average molecular weight is 315 g/mol. The van der Waals surface area contributed by atoms with Gasteiger partial charge in [-0.3, -0.25) is 10.3 Å². The van der Waals surface area contributed by atoms with E-state index in [1.54, 1.807) is 0 Å². The second kappa shape index (κ2) is 5.75. The fourth-order valence-corrected chi connectivity index (χ4v) is 1.76. The molecule has 0 atom stereocenters. The van der Waals surface area contributed by atoms with Gasteiger partial charge in [-0.2, -0.15) is 13.2 Å². The predicted octanol–water partition coefficient (Wildman–Crippen LogP) is -2.60. The van der Waals surface area contributed by atoms with E-state index in [-0.39, 0.29) is 28.8 Å². The van der Waals surface area contributed by atoms with E-state index in [9.17, 15) is 13.2 Å². The summed E-state index contributed by atoms with van der Waals surface area (Å²) in [6.07, 6.45) is -4.46. The highest BCUT2D eigenvalue weighted by Gasteiger charge is 2.32. The van der Waals surface area contributed by atoms with Gasteiger partial charge in [0, 0.05) is 0 Å². The molecule has 19 heavy (non-hydrogen) atoms. The Hall–Kier alpha value is -1.34. The number of anilines is 2. The van der Waals surface area contributed by atoms with Gasteiger partial charge in [0.2, 0.25) is 0 Å². The molecule has 0 saturated heterocycles. The maximum atomic E-state index is 12.6. The molecule has 0 unspecified atom stereocenters. The highest BCUT2D eigenvalue weighted by atomic mass is 35.5. The molecular formula is C10H11Cl2F3N4. The van der Waals surface area contributed by atoms with E-state index >= 15 is 0 Å². The number of benzene rings is 1. The summed E-state index contributed by atoms with van der Waals surface area (Å²) in [6, 6.07) is 1.73. The van der Waals surface area contributed by atoms with Crippen molar-refractivity contribution in [2.24, 2.45) is 0 Å². The van der Waals surface area contributed by atoms with Crippen molar-refractivity contribution >= 4 is 28.9 Å². The molecule has 0 bridgehead atoms. The van der Waals surface area contributed by atoms with Crippen LogP contribution in [0.4, 0.5) is 24.5 Å². The van der Waals surface area contributed by atoms with Crippen molar-refractivity contribution in [1.29, 1.82) is 0 Å². The number of guanidine groups is 1. The Bertz CT molecular complexity index is 502. The van der Waals surface area contributed by atoms with Gasteiger partial charge < -0.3 is 18.1 Å². The number of alkyl halides is 3. The van der Waals surface area contributed by atoms with Crippen LogP contribution in [0.5, 0.6) is 0 Å². The fraction of sp³-hybridized carbons (Fsp3) is 0.300. The third kappa shape index (κ3) is 3.57. The second-order valence-electron chi connectivity index (χ2n) is 3.77. The monoisotopic (exact) mass is 314 g/mol. The van der Waals surface area contributed by atoms with Crippen LogP contribution >= 0.6 is 11.6 Å². The molecular weight excluding hydrogens is 304 g/mol. The molecule has 0 spiro atoms. The van der Waals surface area contributed by atoms with Gasteiger partial charge in [-0.25, -0.2) is 5.32 Å². The Morgan fingerprint density at radius 2 is 2.05 bits per heavy atom. The zero-order valence-corrected chi connectivity index (χ0v) is 11.0. The SMILES string of the molecule is Nc1c(Cl)cc(C(F)(F)F)cc1NC1=[NH+]CCN1.[Cl-]. The van der Waals surface area contributed by atoms with Gasteiger partial charge in [0.1, 0.15) is 5.69 Å². The topological polar surface area (TPSA) is 64.0 Å². The highest BCUT2D eigenvalue weighted by molar-refractivity contribution is 6.34. The van der Waals surface area contributed by atoms with Crippen molar-refractivity contribution in [3.8, 4) is 0 Å². The zero-order chi connectivity index (χ0) is 13.3. The molecule has 1 aromatic carbocycles. The summed E-state index contributed by atoms with van der Waals surface area (Å²) < 4.78 is 37.9. The van der Waals surface area contributed by atoms with E-state index < -0.39 is 11.7 Å². The van der Waals surface area contributed by atoms with Gasteiger partial charge in [0.05, 0.1) is 29.4 Å². The van der Waals surface area contributed by atoms with Crippen LogP contribution in [0.1, 0.15) is 5.56 Å². The van der Waals surface area contributed by atoms with Crippen molar-refractivity contribution in [3.05, 3.63) is 22.7 Å². The first-order valence-corrected chi connectivity index (χ1v) is 5.53. The normalized spacial score (nSPS) is 14.4. The molecule has 9 heteroatoms. The van der Waals surface area contributed by atoms with Gasteiger partial charge in [-0.15, -0.1) is 0 Å². The minimum atomic E-state index is -4.46. The van der Waals surface area contributed by atoms with Crippen LogP contribution in [0.25, 0.3) is 0 Å². The number of nitrogen functional groups attached to an aromatic ring is 1. The lowest BCUT2D eigenvalue weighted by molar-refractivity contribution is -0.444. The third-order valence-electron chi connectivity index (χ3n) is 2.45. The molecule has 0 aromatic heterocycles. The molecule has 106 valence electrons. The number of rotatable bonds is 1. The predicted molar refractivity (Wildman–Crippen MR) is 63.3 cm³/mol. The van der Waals surface area contributed by atoms with Gasteiger partial charge >= 0.3 is 12.1 Å². The molecule has 0 radical (unpaired) electrons. The summed E-state index contributed by atoms with van der Waals surface area (Å²) in [4.78, 5) is 2.92. The second-order valence-corrected chi connectivity index (χ2v) is 4.18. The highest BCUT2D eigenvalue weighted by Crippen LogP contribution is 2.37. The van der Waals surface area contributed by atoms with Crippen molar-refractivity contribution in [3.63, 3.8) is 0 Å². The van der Waals surface area contributed by atoms with Gasteiger partial charge in [0.25, 0.3) is 0 Å². The van der Waals surface area contributed by atoms with Crippen LogP contribution < -0.4 is 33.8 Å². The molecule has 1 heterocycles. The zero-order valence-electron chi connectivity index (χ0n) is 9.54. The first kappa shape index (κ1) is 15.7. The molecule has 2 rings (SSSR count). The lowest BCUT2D eigenvalue weighted by Gasteiger charge is -2.11. The lowest BCUT2D eigenvalue weighted by Crippen LogP contribution is -3.00. The van der Waals surface area contributed by atoms with Crippen LogP contribution in [0.15, 0.2) is 12.1 Å². The van der Waals surface area contributed by atoms with Crippen LogP contribution in [0.3, 0.4) is 0 Å². The van der Waals surface area contributed by atoms with Crippen LogP contribution in [-0.4, -0.2) is 19.0 Å². The maximum absolute atomic E-state index is 12.6. The van der Waals surface area contributed by atoms with Crippen LogP contribution in [0.2, 0.25) is 5.02 Å². The van der Waals surface area contributed by atoms with Crippen molar-refractivity contribution in [2.75, 3.05) is 24.1 Å². The smallest absolute Gasteiger partial charge is 0.416 e. The van der Waals surface area contributed by atoms with Gasteiger partial charge in [-0.1, -0.05) is 11.6 Å².